The summed E-state index contributed by atoms with van der Waals surface area (Å²) in [7, 11) is 0. The van der Waals surface area contributed by atoms with E-state index in [0.29, 0.717) is 6.04 Å². The Hall–Kier alpha value is -1.06. The first kappa shape index (κ1) is 12.0. The number of rotatable bonds is 3. The summed E-state index contributed by atoms with van der Waals surface area (Å²) < 4.78 is 6.98. The third kappa shape index (κ3) is 2.38. The van der Waals surface area contributed by atoms with Crippen molar-refractivity contribution < 1.29 is 4.42 Å². The molecule has 0 amide bonds. The number of hydrogen-bond acceptors (Lipinski definition) is 2. The minimum absolute atomic E-state index is 0.251. The number of benzene rings is 1. The summed E-state index contributed by atoms with van der Waals surface area (Å²) in [4.78, 5) is 0. The second kappa shape index (κ2) is 4.90. The van der Waals surface area contributed by atoms with Crippen LogP contribution in [0.2, 0.25) is 0 Å². The van der Waals surface area contributed by atoms with Crippen LogP contribution in [-0.2, 0) is 0 Å². The fourth-order valence-electron chi connectivity index (χ4n) is 2.44. The SMILES string of the molecule is CC(NC1CC=CC1)c1cc2cc(Br)ccc2o1. The molecule has 2 aromatic rings. The molecule has 1 unspecified atom stereocenters. The first-order chi connectivity index (χ1) is 8.72. The molecule has 3 heteroatoms. The summed E-state index contributed by atoms with van der Waals surface area (Å²) in [5.41, 5.74) is 0.950. The second-order valence-corrected chi connectivity index (χ2v) is 5.77. The fraction of sp³-hybridized carbons (Fsp3) is 0.333. The largest absolute Gasteiger partial charge is 0.459 e. The van der Waals surface area contributed by atoms with Crippen LogP contribution in [0.25, 0.3) is 11.0 Å². The average molecular weight is 306 g/mol. The number of furan rings is 1. The summed E-state index contributed by atoms with van der Waals surface area (Å²) in [6, 6.07) is 9.04. The van der Waals surface area contributed by atoms with Gasteiger partial charge >= 0.3 is 0 Å². The summed E-state index contributed by atoms with van der Waals surface area (Å²) in [6.07, 6.45) is 6.71. The highest BCUT2D eigenvalue weighted by Gasteiger charge is 2.17. The molecule has 0 radical (unpaired) electrons. The zero-order chi connectivity index (χ0) is 12.5. The molecule has 94 valence electrons. The number of halogens is 1. The predicted octanol–water partition coefficient (Wildman–Crippen LogP) is 4.56. The molecular formula is C15H16BrNO. The van der Waals surface area contributed by atoms with E-state index in [1.54, 1.807) is 0 Å². The van der Waals surface area contributed by atoms with E-state index in [2.05, 4.69) is 52.5 Å². The van der Waals surface area contributed by atoms with Crippen LogP contribution in [0.15, 0.2) is 45.3 Å². The molecule has 0 saturated heterocycles. The molecule has 1 aliphatic carbocycles. The maximum atomic E-state index is 5.89. The van der Waals surface area contributed by atoms with Crippen molar-refractivity contribution in [3.05, 3.63) is 46.7 Å². The summed E-state index contributed by atoms with van der Waals surface area (Å²) in [6.45, 7) is 2.16. The van der Waals surface area contributed by atoms with Crippen LogP contribution in [0.4, 0.5) is 0 Å². The predicted molar refractivity (Wildman–Crippen MR) is 77.6 cm³/mol. The van der Waals surface area contributed by atoms with Crippen LogP contribution in [0.3, 0.4) is 0 Å². The van der Waals surface area contributed by atoms with Gasteiger partial charge in [0, 0.05) is 15.9 Å². The minimum atomic E-state index is 0.251. The lowest BCUT2D eigenvalue weighted by Gasteiger charge is -2.17. The highest BCUT2D eigenvalue weighted by molar-refractivity contribution is 9.10. The summed E-state index contributed by atoms with van der Waals surface area (Å²) >= 11 is 3.48. The third-order valence-corrected chi connectivity index (χ3v) is 3.91. The van der Waals surface area contributed by atoms with Crippen LogP contribution < -0.4 is 5.32 Å². The van der Waals surface area contributed by atoms with Gasteiger partial charge in [-0.3, -0.25) is 0 Å². The molecule has 1 aromatic heterocycles. The minimum Gasteiger partial charge on any atom is -0.459 e. The topological polar surface area (TPSA) is 25.2 Å². The van der Waals surface area contributed by atoms with Crippen molar-refractivity contribution in [3.63, 3.8) is 0 Å². The van der Waals surface area contributed by atoms with E-state index < -0.39 is 0 Å². The van der Waals surface area contributed by atoms with Gasteiger partial charge in [-0.05, 0) is 44.0 Å². The zero-order valence-corrected chi connectivity index (χ0v) is 11.9. The molecule has 1 N–H and O–H groups in total. The van der Waals surface area contributed by atoms with Gasteiger partial charge in [-0.1, -0.05) is 28.1 Å². The lowest BCUT2D eigenvalue weighted by Crippen LogP contribution is -2.28. The van der Waals surface area contributed by atoms with Crippen LogP contribution in [0, 0.1) is 0 Å². The lowest BCUT2D eigenvalue weighted by molar-refractivity contribution is 0.407. The summed E-state index contributed by atoms with van der Waals surface area (Å²) in [5.74, 6) is 1.01. The Kier molecular flexibility index (Phi) is 3.27. The van der Waals surface area contributed by atoms with Crippen LogP contribution in [0.5, 0.6) is 0 Å². The van der Waals surface area contributed by atoms with Crippen molar-refractivity contribution in [2.45, 2.75) is 31.8 Å². The fourth-order valence-corrected chi connectivity index (χ4v) is 2.82. The van der Waals surface area contributed by atoms with Gasteiger partial charge in [-0.15, -0.1) is 0 Å². The molecule has 0 saturated carbocycles. The molecule has 0 aliphatic heterocycles. The normalized spacial score (nSPS) is 17.7. The first-order valence-corrected chi connectivity index (χ1v) is 7.12. The Bertz CT molecular complexity index is 579. The van der Waals surface area contributed by atoms with Gasteiger partial charge in [0.2, 0.25) is 0 Å². The van der Waals surface area contributed by atoms with Crippen molar-refractivity contribution in [1.82, 2.24) is 5.32 Å². The molecule has 1 aliphatic rings. The van der Waals surface area contributed by atoms with Crippen molar-refractivity contribution in [2.75, 3.05) is 0 Å². The van der Waals surface area contributed by atoms with E-state index in [9.17, 15) is 0 Å². The molecule has 1 heterocycles. The number of hydrogen-bond donors (Lipinski definition) is 1. The third-order valence-electron chi connectivity index (χ3n) is 3.42. The Labute approximate surface area is 115 Å². The van der Waals surface area contributed by atoms with Gasteiger partial charge in [-0.25, -0.2) is 0 Å². The van der Waals surface area contributed by atoms with E-state index >= 15 is 0 Å². The molecule has 0 spiro atoms. The molecule has 18 heavy (non-hydrogen) atoms. The lowest BCUT2D eigenvalue weighted by atomic mass is 10.1. The van der Waals surface area contributed by atoms with E-state index in [-0.39, 0.29) is 6.04 Å². The van der Waals surface area contributed by atoms with E-state index in [1.807, 2.05) is 12.1 Å². The monoisotopic (exact) mass is 305 g/mol. The molecular weight excluding hydrogens is 290 g/mol. The van der Waals surface area contributed by atoms with Crippen molar-refractivity contribution in [1.29, 1.82) is 0 Å². The van der Waals surface area contributed by atoms with Crippen LogP contribution in [-0.4, -0.2) is 6.04 Å². The van der Waals surface area contributed by atoms with Gasteiger partial charge in [0.1, 0.15) is 11.3 Å². The van der Waals surface area contributed by atoms with E-state index in [0.717, 1.165) is 34.0 Å². The molecule has 0 bridgehead atoms. The molecule has 0 fully saturated rings. The Balaban J connectivity index is 1.80. The van der Waals surface area contributed by atoms with Crippen molar-refractivity contribution in [2.24, 2.45) is 0 Å². The highest BCUT2D eigenvalue weighted by atomic mass is 79.9. The van der Waals surface area contributed by atoms with Gasteiger partial charge < -0.3 is 9.73 Å². The highest BCUT2D eigenvalue weighted by Crippen LogP contribution is 2.27. The Morgan fingerprint density at radius 2 is 2.06 bits per heavy atom. The van der Waals surface area contributed by atoms with Crippen LogP contribution >= 0.6 is 15.9 Å². The maximum absolute atomic E-state index is 5.89. The van der Waals surface area contributed by atoms with Crippen molar-refractivity contribution in [3.8, 4) is 0 Å². The maximum Gasteiger partial charge on any atom is 0.134 e. The number of nitrogens with one attached hydrogen (secondary N) is 1. The summed E-state index contributed by atoms with van der Waals surface area (Å²) in [5, 5.41) is 4.75. The standard InChI is InChI=1S/C15H16BrNO/c1-10(17-13-4-2-3-5-13)15-9-11-8-12(16)6-7-14(11)18-15/h2-3,6-10,13,17H,4-5H2,1H3. The molecule has 1 aromatic carbocycles. The van der Waals surface area contributed by atoms with Gasteiger partial charge in [0.15, 0.2) is 0 Å². The van der Waals surface area contributed by atoms with Gasteiger partial charge in [-0.2, -0.15) is 0 Å². The second-order valence-electron chi connectivity index (χ2n) is 4.86. The zero-order valence-electron chi connectivity index (χ0n) is 10.3. The van der Waals surface area contributed by atoms with Crippen LogP contribution in [0.1, 0.15) is 31.6 Å². The Morgan fingerprint density at radius 3 is 2.83 bits per heavy atom. The van der Waals surface area contributed by atoms with E-state index in [1.165, 1.54) is 0 Å². The van der Waals surface area contributed by atoms with Gasteiger partial charge in [0.05, 0.1) is 6.04 Å². The number of fused-ring (bicyclic) bond motifs is 1. The smallest absolute Gasteiger partial charge is 0.134 e. The van der Waals surface area contributed by atoms with E-state index in [4.69, 9.17) is 4.42 Å². The molecule has 1 atom stereocenters. The molecule has 2 nitrogen and oxygen atoms in total. The van der Waals surface area contributed by atoms with Crippen molar-refractivity contribution >= 4 is 26.9 Å². The first-order valence-electron chi connectivity index (χ1n) is 6.32. The average Bonchev–Trinajstić information content (AvgIpc) is 2.96. The quantitative estimate of drug-likeness (QED) is 0.841. The Morgan fingerprint density at radius 1 is 1.28 bits per heavy atom. The van der Waals surface area contributed by atoms with Gasteiger partial charge in [0.25, 0.3) is 0 Å². The molecule has 3 rings (SSSR count).